The highest BCUT2D eigenvalue weighted by Gasteiger charge is 2.18. The number of anilines is 1. The molecular weight excluding hydrogens is 476 g/mol. The van der Waals surface area contributed by atoms with E-state index in [9.17, 15) is 4.79 Å². The summed E-state index contributed by atoms with van der Waals surface area (Å²) in [5.41, 5.74) is 3.97. The van der Waals surface area contributed by atoms with E-state index in [-0.39, 0.29) is 5.91 Å². The number of likely N-dealkylation sites (N-methyl/N-ethyl adjacent to an activating group) is 1. The average Bonchev–Trinajstić information content (AvgIpc) is 2.82. The van der Waals surface area contributed by atoms with Crippen molar-refractivity contribution < 1.29 is 44.4 Å². The molecule has 1 aromatic carbocycles. The number of aromatic nitrogens is 1. The van der Waals surface area contributed by atoms with Gasteiger partial charge in [-0.1, -0.05) is 25.1 Å². The molecule has 1 amide bonds. The molecule has 0 unspecified atom stereocenters. The van der Waals surface area contributed by atoms with E-state index in [4.69, 9.17) is 44.6 Å². The number of hydrogen-bond donors (Lipinski definition) is 5. The van der Waals surface area contributed by atoms with Crippen molar-refractivity contribution in [2.75, 3.05) is 45.1 Å². The predicted molar refractivity (Wildman–Crippen MR) is 129 cm³/mol. The Morgan fingerprint density at radius 1 is 0.889 bits per heavy atom. The summed E-state index contributed by atoms with van der Waals surface area (Å²) in [5.74, 6) is -7.24. The standard InChI is InChI=1S/C19H26N4O.2C2H2O4/c1-4-16-14(2)19(15-7-5-6-8-17(15)20-16)21-18(24)13-23-11-9-22(3)10-12-23;2*3-1(4)2(5)6/h5-8H,4,9-13H2,1-3H3,(H,20,21,24);2*(H,3,4)(H,5,6). The zero-order valence-corrected chi connectivity index (χ0v) is 20.2. The van der Waals surface area contributed by atoms with Gasteiger partial charge in [0, 0.05) is 37.3 Å². The van der Waals surface area contributed by atoms with Crippen LogP contribution in [-0.2, 0) is 30.4 Å². The molecule has 0 aliphatic carbocycles. The van der Waals surface area contributed by atoms with Crippen molar-refractivity contribution in [2.24, 2.45) is 0 Å². The Morgan fingerprint density at radius 3 is 1.86 bits per heavy atom. The summed E-state index contributed by atoms with van der Waals surface area (Å²) in [5, 5.41) is 33.7. The Hall–Kier alpha value is -4.10. The van der Waals surface area contributed by atoms with Gasteiger partial charge in [-0.25, -0.2) is 19.2 Å². The first-order valence-corrected chi connectivity index (χ1v) is 10.9. The van der Waals surface area contributed by atoms with E-state index in [0.29, 0.717) is 6.54 Å². The second kappa shape index (κ2) is 14.3. The van der Waals surface area contributed by atoms with Gasteiger partial charge < -0.3 is 30.6 Å². The number of fused-ring (bicyclic) bond motifs is 1. The van der Waals surface area contributed by atoms with Crippen LogP contribution in [0.15, 0.2) is 24.3 Å². The van der Waals surface area contributed by atoms with Crippen molar-refractivity contribution in [1.29, 1.82) is 0 Å². The summed E-state index contributed by atoms with van der Waals surface area (Å²) in [7, 11) is 2.12. The van der Waals surface area contributed by atoms with Crippen LogP contribution in [0.1, 0.15) is 18.2 Å². The fourth-order valence-corrected chi connectivity index (χ4v) is 3.25. The quantitative estimate of drug-likeness (QED) is 0.363. The van der Waals surface area contributed by atoms with Crippen molar-refractivity contribution in [3.05, 3.63) is 35.5 Å². The number of nitrogens with zero attached hydrogens (tertiary/aromatic N) is 3. The van der Waals surface area contributed by atoms with Crippen LogP contribution in [0.25, 0.3) is 10.9 Å². The van der Waals surface area contributed by atoms with Crippen LogP contribution in [0.3, 0.4) is 0 Å². The molecule has 0 saturated carbocycles. The van der Waals surface area contributed by atoms with Crippen LogP contribution >= 0.6 is 0 Å². The molecule has 13 heteroatoms. The average molecular weight is 507 g/mol. The first-order chi connectivity index (χ1) is 16.9. The molecule has 196 valence electrons. The Bertz CT molecular complexity index is 1060. The topological polar surface area (TPSA) is 198 Å². The number of pyridine rings is 1. The van der Waals surface area contributed by atoms with Gasteiger partial charge in [-0.3, -0.25) is 14.7 Å². The van der Waals surface area contributed by atoms with Gasteiger partial charge in [0.25, 0.3) is 0 Å². The molecule has 2 heterocycles. The Morgan fingerprint density at radius 2 is 1.39 bits per heavy atom. The van der Waals surface area contributed by atoms with E-state index < -0.39 is 23.9 Å². The summed E-state index contributed by atoms with van der Waals surface area (Å²) in [6, 6.07) is 8.01. The first-order valence-electron chi connectivity index (χ1n) is 10.9. The molecule has 0 radical (unpaired) electrons. The number of carbonyl (C=O) groups is 5. The number of hydrogen-bond acceptors (Lipinski definition) is 8. The summed E-state index contributed by atoms with van der Waals surface area (Å²) in [6.07, 6.45) is 0.859. The number of carboxylic acid groups (broad SMARTS) is 4. The highest BCUT2D eigenvalue weighted by Crippen LogP contribution is 2.28. The molecule has 0 atom stereocenters. The lowest BCUT2D eigenvalue weighted by molar-refractivity contribution is -0.159. The molecule has 1 fully saturated rings. The third-order valence-corrected chi connectivity index (χ3v) is 5.16. The van der Waals surface area contributed by atoms with Gasteiger partial charge in [0.15, 0.2) is 0 Å². The first kappa shape index (κ1) is 29.9. The minimum absolute atomic E-state index is 0.0565. The zero-order valence-electron chi connectivity index (χ0n) is 20.2. The minimum atomic E-state index is -1.82. The molecule has 1 aliphatic heterocycles. The summed E-state index contributed by atoms with van der Waals surface area (Å²) in [4.78, 5) is 58.2. The van der Waals surface area contributed by atoms with Gasteiger partial charge in [0.1, 0.15) is 0 Å². The molecule has 3 rings (SSSR count). The number of rotatable bonds is 4. The smallest absolute Gasteiger partial charge is 0.414 e. The summed E-state index contributed by atoms with van der Waals surface area (Å²) in [6.45, 7) is 8.52. The van der Waals surface area contributed by atoms with Gasteiger partial charge >= 0.3 is 23.9 Å². The predicted octanol–water partition coefficient (Wildman–Crippen LogP) is 0.603. The van der Waals surface area contributed by atoms with Crippen LogP contribution in [0.2, 0.25) is 0 Å². The maximum Gasteiger partial charge on any atom is 0.414 e. The van der Waals surface area contributed by atoms with E-state index >= 15 is 0 Å². The number of piperazine rings is 1. The number of benzene rings is 1. The number of para-hydroxylation sites is 1. The molecule has 2 aromatic rings. The third-order valence-electron chi connectivity index (χ3n) is 5.16. The lowest BCUT2D eigenvalue weighted by Crippen LogP contribution is -2.47. The van der Waals surface area contributed by atoms with E-state index in [0.717, 1.165) is 60.4 Å². The number of carbonyl (C=O) groups excluding carboxylic acids is 1. The molecule has 5 N–H and O–H groups in total. The molecule has 1 aliphatic rings. The van der Waals surface area contributed by atoms with Gasteiger partial charge in [-0.05, 0) is 32.0 Å². The SMILES string of the molecule is CCc1nc2ccccc2c(NC(=O)CN2CCN(C)CC2)c1C.O=C(O)C(=O)O.O=C(O)C(=O)O. The van der Waals surface area contributed by atoms with Gasteiger partial charge in [-0.15, -0.1) is 0 Å². The highest BCUT2D eigenvalue weighted by atomic mass is 16.4. The lowest BCUT2D eigenvalue weighted by atomic mass is 10.1. The van der Waals surface area contributed by atoms with Crippen LogP contribution in [0, 0.1) is 6.92 Å². The largest absolute Gasteiger partial charge is 0.473 e. The van der Waals surface area contributed by atoms with Crippen LogP contribution in [0.5, 0.6) is 0 Å². The van der Waals surface area contributed by atoms with Crippen molar-refractivity contribution in [3.8, 4) is 0 Å². The Kier molecular flexibility index (Phi) is 11.9. The van der Waals surface area contributed by atoms with Gasteiger partial charge in [0.2, 0.25) is 5.91 Å². The van der Waals surface area contributed by atoms with Crippen molar-refractivity contribution in [3.63, 3.8) is 0 Å². The third kappa shape index (κ3) is 9.64. The van der Waals surface area contributed by atoms with E-state index in [1.807, 2.05) is 31.2 Å². The Labute approximate surface area is 207 Å². The van der Waals surface area contributed by atoms with Crippen LogP contribution in [0.4, 0.5) is 5.69 Å². The van der Waals surface area contributed by atoms with Crippen molar-refractivity contribution in [2.45, 2.75) is 20.3 Å². The van der Waals surface area contributed by atoms with Crippen molar-refractivity contribution >= 4 is 46.4 Å². The fraction of sp³-hybridized carbons (Fsp3) is 0.391. The summed E-state index contributed by atoms with van der Waals surface area (Å²) >= 11 is 0. The molecule has 13 nitrogen and oxygen atoms in total. The number of carboxylic acids is 4. The molecule has 1 saturated heterocycles. The summed E-state index contributed by atoms with van der Waals surface area (Å²) < 4.78 is 0. The second-order valence-corrected chi connectivity index (χ2v) is 7.78. The second-order valence-electron chi connectivity index (χ2n) is 7.78. The Balaban J connectivity index is 0.000000450. The normalized spacial score (nSPS) is 13.4. The van der Waals surface area contributed by atoms with E-state index in [1.54, 1.807) is 0 Å². The molecule has 36 heavy (non-hydrogen) atoms. The van der Waals surface area contributed by atoms with Crippen LogP contribution in [-0.4, -0.2) is 105 Å². The zero-order chi connectivity index (χ0) is 27.4. The highest BCUT2D eigenvalue weighted by molar-refractivity contribution is 6.27. The maximum atomic E-state index is 12.6. The number of amides is 1. The molecular formula is C23H30N4O9. The number of aryl methyl sites for hydroxylation is 1. The van der Waals surface area contributed by atoms with E-state index in [2.05, 4.69) is 29.1 Å². The minimum Gasteiger partial charge on any atom is -0.473 e. The van der Waals surface area contributed by atoms with Crippen molar-refractivity contribution in [1.82, 2.24) is 14.8 Å². The molecule has 1 aromatic heterocycles. The molecule has 0 spiro atoms. The maximum absolute atomic E-state index is 12.6. The van der Waals surface area contributed by atoms with Crippen LogP contribution < -0.4 is 5.32 Å². The van der Waals surface area contributed by atoms with Gasteiger partial charge in [-0.2, -0.15) is 0 Å². The monoisotopic (exact) mass is 506 g/mol. The lowest BCUT2D eigenvalue weighted by Gasteiger charge is -2.31. The number of aliphatic carboxylic acids is 4. The van der Waals surface area contributed by atoms with Gasteiger partial charge in [0.05, 0.1) is 17.7 Å². The molecule has 0 bridgehead atoms. The fourth-order valence-electron chi connectivity index (χ4n) is 3.25. The van der Waals surface area contributed by atoms with E-state index in [1.165, 1.54) is 0 Å². The number of nitrogens with one attached hydrogen (secondary N) is 1.